The quantitative estimate of drug-likeness (QED) is 0.813. The molecule has 2 saturated heterocycles. The Bertz CT molecular complexity index is 234. The predicted molar refractivity (Wildman–Crippen MR) is 71.3 cm³/mol. The fourth-order valence-electron chi connectivity index (χ4n) is 3.11. The van der Waals surface area contributed by atoms with Gasteiger partial charge in [-0.2, -0.15) is 0 Å². The fourth-order valence-corrected chi connectivity index (χ4v) is 3.11. The minimum absolute atomic E-state index is 0.338. The molecule has 0 radical (unpaired) electrons. The van der Waals surface area contributed by atoms with Crippen molar-refractivity contribution >= 4 is 0 Å². The molecule has 2 heterocycles. The van der Waals surface area contributed by atoms with Crippen LogP contribution in [0.2, 0.25) is 0 Å². The summed E-state index contributed by atoms with van der Waals surface area (Å²) in [4.78, 5) is 2.64. The Hall–Kier alpha value is -0.120. The molecule has 0 aromatic heterocycles. The molecule has 0 bridgehead atoms. The van der Waals surface area contributed by atoms with E-state index in [-0.39, 0.29) is 0 Å². The molecule has 1 N–H and O–H groups in total. The molecule has 0 aromatic carbocycles. The molecule has 0 amide bonds. The number of hydrogen-bond acceptors (Lipinski definition) is 3. The third kappa shape index (κ3) is 3.01. The lowest BCUT2D eigenvalue weighted by Gasteiger charge is -2.47. The average Bonchev–Trinajstić information content (AvgIpc) is 2.85. The Kier molecular flexibility index (Phi) is 4.45. The summed E-state index contributed by atoms with van der Waals surface area (Å²) in [6, 6.07) is 0.644. The van der Waals surface area contributed by atoms with Gasteiger partial charge in [-0.3, -0.25) is 4.90 Å². The van der Waals surface area contributed by atoms with Crippen LogP contribution in [0.4, 0.5) is 0 Å². The first-order valence-electron chi connectivity index (χ1n) is 7.30. The molecule has 0 aliphatic carbocycles. The van der Waals surface area contributed by atoms with Crippen molar-refractivity contribution in [3.8, 4) is 0 Å². The minimum Gasteiger partial charge on any atom is -0.377 e. The van der Waals surface area contributed by atoms with Crippen LogP contribution < -0.4 is 5.32 Å². The molecule has 17 heavy (non-hydrogen) atoms. The van der Waals surface area contributed by atoms with Crippen LogP contribution in [0, 0.1) is 0 Å². The van der Waals surface area contributed by atoms with E-state index in [1.165, 1.54) is 32.2 Å². The number of rotatable bonds is 4. The first-order chi connectivity index (χ1) is 8.19. The van der Waals surface area contributed by atoms with E-state index < -0.39 is 0 Å². The van der Waals surface area contributed by atoms with E-state index in [4.69, 9.17) is 4.74 Å². The van der Waals surface area contributed by atoms with Crippen LogP contribution in [0.5, 0.6) is 0 Å². The monoisotopic (exact) mass is 240 g/mol. The maximum absolute atomic E-state index is 5.78. The Morgan fingerprint density at radius 3 is 2.71 bits per heavy atom. The molecule has 2 fully saturated rings. The molecule has 2 aliphatic heterocycles. The lowest BCUT2D eigenvalue weighted by atomic mass is 9.88. The lowest BCUT2D eigenvalue weighted by molar-refractivity contribution is 0.0218. The molecule has 3 heteroatoms. The third-order valence-corrected chi connectivity index (χ3v) is 4.72. The van der Waals surface area contributed by atoms with Crippen LogP contribution in [0.25, 0.3) is 0 Å². The van der Waals surface area contributed by atoms with Gasteiger partial charge in [0.25, 0.3) is 0 Å². The zero-order valence-corrected chi connectivity index (χ0v) is 11.7. The van der Waals surface area contributed by atoms with Gasteiger partial charge in [0, 0.05) is 37.8 Å². The zero-order chi connectivity index (χ0) is 12.3. The standard InChI is InChI=1S/C14H28N2O/c1-4-14(5-2)11-16(12(3)9-15-14)10-13-7-6-8-17-13/h12-13,15H,4-11H2,1-3H3. The Morgan fingerprint density at radius 2 is 2.12 bits per heavy atom. The van der Waals surface area contributed by atoms with Gasteiger partial charge in [-0.05, 0) is 32.6 Å². The second-order valence-corrected chi connectivity index (χ2v) is 5.78. The van der Waals surface area contributed by atoms with Crippen molar-refractivity contribution in [2.75, 3.05) is 26.2 Å². The van der Waals surface area contributed by atoms with E-state index in [0.29, 0.717) is 17.7 Å². The second kappa shape index (κ2) is 5.68. The number of piperazine rings is 1. The summed E-state index contributed by atoms with van der Waals surface area (Å²) >= 11 is 0. The van der Waals surface area contributed by atoms with Crippen molar-refractivity contribution in [1.82, 2.24) is 10.2 Å². The summed E-state index contributed by atoms with van der Waals surface area (Å²) in [6.07, 6.45) is 5.43. The van der Waals surface area contributed by atoms with Gasteiger partial charge in [0.2, 0.25) is 0 Å². The normalized spacial score (nSPS) is 34.1. The van der Waals surface area contributed by atoms with Crippen LogP contribution in [-0.4, -0.2) is 48.8 Å². The van der Waals surface area contributed by atoms with Gasteiger partial charge < -0.3 is 10.1 Å². The van der Waals surface area contributed by atoms with Gasteiger partial charge in [-0.15, -0.1) is 0 Å². The van der Waals surface area contributed by atoms with Crippen LogP contribution >= 0.6 is 0 Å². The summed E-state index contributed by atoms with van der Waals surface area (Å²) in [5.41, 5.74) is 0.338. The topological polar surface area (TPSA) is 24.5 Å². The Morgan fingerprint density at radius 1 is 1.35 bits per heavy atom. The molecule has 100 valence electrons. The number of hydrogen-bond donors (Lipinski definition) is 1. The molecular formula is C14H28N2O. The molecule has 2 aliphatic rings. The van der Waals surface area contributed by atoms with E-state index in [0.717, 1.165) is 19.7 Å². The van der Waals surface area contributed by atoms with Gasteiger partial charge in [-0.25, -0.2) is 0 Å². The first kappa shape index (κ1) is 13.3. The molecule has 3 nitrogen and oxygen atoms in total. The van der Waals surface area contributed by atoms with E-state index >= 15 is 0 Å². The molecule has 0 aromatic rings. The fraction of sp³-hybridized carbons (Fsp3) is 1.00. The Labute approximate surface area is 106 Å². The summed E-state index contributed by atoms with van der Waals surface area (Å²) in [5.74, 6) is 0. The number of ether oxygens (including phenoxy) is 1. The number of nitrogens with one attached hydrogen (secondary N) is 1. The Balaban J connectivity index is 1.93. The number of nitrogens with zero attached hydrogens (tertiary/aromatic N) is 1. The van der Waals surface area contributed by atoms with Crippen molar-refractivity contribution < 1.29 is 4.74 Å². The highest BCUT2D eigenvalue weighted by Gasteiger charge is 2.36. The van der Waals surface area contributed by atoms with Crippen molar-refractivity contribution in [2.24, 2.45) is 0 Å². The van der Waals surface area contributed by atoms with Crippen molar-refractivity contribution in [3.05, 3.63) is 0 Å². The highest BCUT2D eigenvalue weighted by atomic mass is 16.5. The highest BCUT2D eigenvalue weighted by Crippen LogP contribution is 2.24. The van der Waals surface area contributed by atoms with E-state index in [9.17, 15) is 0 Å². The van der Waals surface area contributed by atoms with Crippen molar-refractivity contribution in [2.45, 2.75) is 64.1 Å². The zero-order valence-electron chi connectivity index (χ0n) is 11.7. The first-order valence-corrected chi connectivity index (χ1v) is 7.30. The third-order valence-electron chi connectivity index (χ3n) is 4.72. The van der Waals surface area contributed by atoms with Crippen LogP contribution in [-0.2, 0) is 4.74 Å². The predicted octanol–water partition coefficient (Wildman–Crippen LogP) is 2.02. The minimum atomic E-state index is 0.338. The summed E-state index contributed by atoms with van der Waals surface area (Å²) in [6.45, 7) is 11.3. The van der Waals surface area contributed by atoms with Crippen LogP contribution in [0.3, 0.4) is 0 Å². The van der Waals surface area contributed by atoms with E-state index in [1.807, 2.05) is 0 Å². The highest BCUT2D eigenvalue weighted by molar-refractivity contribution is 4.96. The van der Waals surface area contributed by atoms with Gasteiger partial charge in [0.05, 0.1) is 6.10 Å². The lowest BCUT2D eigenvalue weighted by Crippen LogP contribution is -2.63. The van der Waals surface area contributed by atoms with Crippen LogP contribution in [0.1, 0.15) is 46.5 Å². The molecule has 2 rings (SSSR count). The SMILES string of the molecule is CCC1(CC)CN(CC2CCCO2)C(C)CN1. The van der Waals surface area contributed by atoms with Gasteiger partial charge >= 0.3 is 0 Å². The molecule has 2 unspecified atom stereocenters. The van der Waals surface area contributed by atoms with Gasteiger partial charge in [0.1, 0.15) is 0 Å². The van der Waals surface area contributed by atoms with Crippen LogP contribution in [0.15, 0.2) is 0 Å². The van der Waals surface area contributed by atoms with Crippen molar-refractivity contribution in [3.63, 3.8) is 0 Å². The maximum Gasteiger partial charge on any atom is 0.0702 e. The molecule has 0 saturated carbocycles. The summed E-state index contributed by atoms with van der Waals surface area (Å²) in [7, 11) is 0. The smallest absolute Gasteiger partial charge is 0.0702 e. The largest absolute Gasteiger partial charge is 0.377 e. The van der Waals surface area contributed by atoms with Crippen molar-refractivity contribution in [1.29, 1.82) is 0 Å². The van der Waals surface area contributed by atoms with E-state index in [2.05, 4.69) is 31.0 Å². The van der Waals surface area contributed by atoms with E-state index in [1.54, 1.807) is 0 Å². The summed E-state index contributed by atoms with van der Waals surface area (Å²) < 4.78 is 5.78. The molecular weight excluding hydrogens is 212 g/mol. The van der Waals surface area contributed by atoms with Gasteiger partial charge in [-0.1, -0.05) is 13.8 Å². The summed E-state index contributed by atoms with van der Waals surface area (Å²) in [5, 5.41) is 3.75. The molecule has 2 atom stereocenters. The van der Waals surface area contributed by atoms with Gasteiger partial charge in [0.15, 0.2) is 0 Å². The maximum atomic E-state index is 5.78. The second-order valence-electron chi connectivity index (χ2n) is 5.78. The molecule has 0 spiro atoms. The average molecular weight is 240 g/mol.